The van der Waals surface area contributed by atoms with Gasteiger partial charge in [0.1, 0.15) is 0 Å². The van der Waals surface area contributed by atoms with Crippen molar-refractivity contribution in [2.45, 2.75) is 11.4 Å². The normalized spacial score (nSPS) is 10.3. The fourth-order valence-electron chi connectivity index (χ4n) is 1.94. The SMILES string of the molecule is Cc1ccccc1-c1ccnc(CI)c1C(=O)O. The Morgan fingerprint density at radius 2 is 2.00 bits per heavy atom. The van der Waals surface area contributed by atoms with Crippen molar-refractivity contribution >= 4 is 28.6 Å². The van der Waals surface area contributed by atoms with Gasteiger partial charge >= 0.3 is 5.97 Å². The Morgan fingerprint density at radius 1 is 1.28 bits per heavy atom. The number of carboxylic acid groups (broad SMARTS) is 1. The van der Waals surface area contributed by atoms with E-state index in [2.05, 4.69) is 27.6 Å². The van der Waals surface area contributed by atoms with Crippen LogP contribution in [-0.2, 0) is 4.43 Å². The first kappa shape index (κ1) is 13.0. The molecule has 0 atom stereocenters. The standard InChI is InChI=1S/C14H12INO2/c1-9-4-2-3-5-10(9)11-6-7-16-12(8-15)13(11)14(17)18/h2-7H,8H2,1H3,(H,17,18). The fourth-order valence-corrected chi connectivity index (χ4v) is 2.52. The van der Waals surface area contributed by atoms with Crippen LogP contribution < -0.4 is 0 Å². The third-order valence-electron chi connectivity index (χ3n) is 2.81. The summed E-state index contributed by atoms with van der Waals surface area (Å²) in [5.74, 6) is -0.923. The summed E-state index contributed by atoms with van der Waals surface area (Å²) in [6.07, 6.45) is 1.67. The van der Waals surface area contributed by atoms with Crippen LogP contribution in [-0.4, -0.2) is 16.1 Å². The molecule has 4 heteroatoms. The molecule has 0 fully saturated rings. The molecule has 0 aliphatic rings. The van der Waals surface area contributed by atoms with Crippen LogP contribution in [0.1, 0.15) is 21.6 Å². The maximum atomic E-state index is 11.4. The lowest BCUT2D eigenvalue weighted by Crippen LogP contribution is -2.06. The molecule has 0 saturated carbocycles. The number of hydrogen-bond donors (Lipinski definition) is 1. The van der Waals surface area contributed by atoms with E-state index >= 15 is 0 Å². The molecule has 2 aromatic rings. The van der Waals surface area contributed by atoms with Gasteiger partial charge in [-0.05, 0) is 29.7 Å². The van der Waals surface area contributed by atoms with Gasteiger partial charge in [-0.2, -0.15) is 0 Å². The quantitative estimate of drug-likeness (QED) is 0.676. The molecule has 1 N–H and O–H groups in total. The molecule has 0 aliphatic carbocycles. The lowest BCUT2D eigenvalue weighted by Gasteiger charge is -2.11. The second-order valence-corrected chi connectivity index (χ2v) is 4.70. The summed E-state index contributed by atoms with van der Waals surface area (Å²) in [4.78, 5) is 15.6. The molecule has 0 bridgehead atoms. The van der Waals surface area contributed by atoms with E-state index < -0.39 is 5.97 Å². The fraction of sp³-hybridized carbons (Fsp3) is 0.143. The molecule has 0 spiro atoms. The van der Waals surface area contributed by atoms with Crippen LogP contribution in [0.2, 0.25) is 0 Å². The highest BCUT2D eigenvalue weighted by molar-refractivity contribution is 14.1. The number of rotatable bonds is 3. The van der Waals surface area contributed by atoms with Crippen molar-refractivity contribution < 1.29 is 9.90 Å². The van der Waals surface area contributed by atoms with Crippen molar-refractivity contribution in [3.8, 4) is 11.1 Å². The van der Waals surface area contributed by atoms with Crippen LogP contribution in [0.3, 0.4) is 0 Å². The molecule has 3 nitrogen and oxygen atoms in total. The van der Waals surface area contributed by atoms with Gasteiger partial charge < -0.3 is 5.11 Å². The van der Waals surface area contributed by atoms with Crippen LogP contribution in [0.4, 0.5) is 0 Å². The number of carboxylic acids is 1. The van der Waals surface area contributed by atoms with E-state index in [-0.39, 0.29) is 0 Å². The average Bonchev–Trinajstić information content (AvgIpc) is 2.38. The maximum Gasteiger partial charge on any atom is 0.338 e. The second kappa shape index (κ2) is 5.48. The van der Waals surface area contributed by atoms with Crippen molar-refractivity contribution in [1.82, 2.24) is 4.98 Å². The van der Waals surface area contributed by atoms with Gasteiger partial charge in [-0.25, -0.2) is 4.79 Å². The highest BCUT2D eigenvalue weighted by Crippen LogP contribution is 2.28. The maximum absolute atomic E-state index is 11.4. The van der Waals surface area contributed by atoms with Gasteiger partial charge in [-0.1, -0.05) is 46.9 Å². The Kier molecular flexibility index (Phi) is 3.96. The first-order valence-corrected chi connectivity index (χ1v) is 7.01. The Labute approximate surface area is 119 Å². The predicted molar refractivity (Wildman–Crippen MR) is 79.1 cm³/mol. The summed E-state index contributed by atoms with van der Waals surface area (Å²) >= 11 is 2.13. The lowest BCUT2D eigenvalue weighted by molar-refractivity contribution is 0.0696. The molecule has 0 amide bonds. The highest BCUT2D eigenvalue weighted by atomic mass is 127. The van der Waals surface area contributed by atoms with E-state index in [4.69, 9.17) is 0 Å². The van der Waals surface area contributed by atoms with E-state index in [0.717, 1.165) is 16.7 Å². The lowest BCUT2D eigenvalue weighted by atomic mass is 9.96. The molecule has 0 radical (unpaired) electrons. The van der Waals surface area contributed by atoms with E-state index in [1.54, 1.807) is 12.3 Å². The smallest absolute Gasteiger partial charge is 0.338 e. The number of hydrogen-bond acceptors (Lipinski definition) is 2. The van der Waals surface area contributed by atoms with E-state index in [1.165, 1.54) is 0 Å². The number of aromatic nitrogens is 1. The zero-order chi connectivity index (χ0) is 13.1. The van der Waals surface area contributed by atoms with Crippen molar-refractivity contribution in [3.63, 3.8) is 0 Å². The zero-order valence-electron chi connectivity index (χ0n) is 9.85. The van der Waals surface area contributed by atoms with Crippen molar-refractivity contribution in [2.24, 2.45) is 0 Å². The minimum atomic E-state index is -0.923. The number of nitrogens with zero attached hydrogens (tertiary/aromatic N) is 1. The molecule has 0 saturated heterocycles. The highest BCUT2D eigenvalue weighted by Gasteiger charge is 2.17. The number of pyridine rings is 1. The summed E-state index contributed by atoms with van der Waals surface area (Å²) in [6, 6.07) is 9.54. The van der Waals surface area contributed by atoms with Crippen LogP contribution in [0.15, 0.2) is 36.5 Å². The monoisotopic (exact) mass is 353 g/mol. The molecular formula is C14H12INO2. The van der Waals surface area contributed by atoms with Gasteiger partial charge in [0.2, 0.25) is 0 Å². The van der Waals surface area contributed by atoms with Crippen LogP contribution in [0.5, 0.6) is 0 Å². The third-order valence-corrected chi connectivity index (χ3v) is 3.53. The molecule has 1 aromatic carbocycles. The Hall–Kier alpha value is -1.43. The molecule has 1 aromatic heterocycles. The topological polar surface area (TPSA) is 50.2 Å². The van der Waals surface area contributed by atoms with Gasteiger partial charge in [-0.15, -0.1) is 0 Å². The molecule has 18 heavy (non-hydrogen) atoms. The van der Waals surface area contributed by atoms with Crippen LogP contribution in [0, 0.1) is 6.92 Å². The van der Waals surface area contributed by atoms with Gasteiger partial charge in [0.25, 0.3) is 0 Å². The first-order chi connectivity index (χ1) is 8.65. The van der Waals surface area contributed by atoms with Crippen LogP contribution >= 0.6 is 22.6 Å². The minimum absolute atomic E-state index is 0.307. The largest absolute Gasteiger partial charge is 0.478 e. The van der Waals surface area contributed by atoms with E-state index in [1.807, 2.05) is 31.2 Å². The Balaban J connectivity index is 2.72. The van der Waals surface area contributed by atoms with E-state index in [0.29, 0.717) is 15.7 Å². The van der Waals surface area contributed by atoms with E-state index in [9.17, 15) is 9.90 Å². The van der Waals surface area contributed by atoms with Crippen LogP contribution in [0.25, 0.3) is 11.1 Å². The zero-order valence-corrected chi connectivity index (χ0v) is 12.0. The molecule has 92 valence electrons. The predicted octanol–water partition coefficient (Wildman–Crippen LogP) is 3.69. The Morgan fingerprint density at radius 3 is 2.61 bits per heavy atom. The average molecular weight is 353 g/mol. The molecule has 0 aliphatic heterocycles. The second-order valence-electron chi connectivity index (χ2n) is 3.93. The van der Waals surface area contributed by atoms with Crippen molar-refractivity contribution in [3.05, 3.63) is 53.3 Å². The summed E-state index contributed by atoms with van der Waals surface area (Å²) in [7, 11) is 0. The number of benzene rings is 1. The van der Waals surface area contributed by atoms with Gasteiger partial charge in [-0.3, -0.25) is 4.98 Å². The van der Waals surface area contributed by atoms with Gasteiger partial charge in [0.15, 0.2) is 0 Å². The summed E-state index contributed by atoms with van der Waals surface area (Å²) in [6.45, 7) is 1.98. The number of alkyl halides is 1. The molecular weight excluding hydrogens is 341 g/mol. The van der Waals surface area contributed by atoms with Gasteiger partial charge in [0, 0.05) is 10.6 Å². The number of carbonyl (C=O) groups is 1. The van der Waals surface area contributed by atoms with Crippen molar-refractivity contribution in [1.29, 1.82) is 0 Å². The summed E-state index contributed by atoms with van der Waals surface area (Å²) in [5.41, 5.74) is 3.67. The third kappa shape index (κ3) is 2.38. The minimum Gasteiger partial charge on any atom is -0.478 e. The molecule has 2 rings (SSSR count). The molecule has 1 heterocycles. The van der Waals surface area contributed by atoms with Gasteiger partial charge in [0.05, 0.1) is 11.3 Å². The Bertz CT molecular complexity index is 596. The number of aromatic carboxylic acids is 1. The summed E-state index contributed by atoms with van der Waals surface area (Å²) < 4.78 is 0.582. The van der Waals surface area contributed by atoms with Crippen molar-refractivity contribution in [2.75, 3.05) is 0 Å². The number of halogens is 1. The summed E-state index contributed by atoms with van der Waals surface area (Å²) in [5, 5.41) is 9.39. The molecule has 0 unspecified atom stereocenters. The first-order valence-electron chi connectivity index (χ1n) is 5.48. The number of aryl methyl sites for hydroxylation is 1.